The standard InChI is InChI=1S/C20H31Cl2N3O2/c1-4-5-13-27-14-18(16-7-6-8-17(21)19(16)22)23-20(26)25(3)15-9-11-24(2)12-10-15/h6-8,15,18H,4-5,9-14H2,1-3H3,(H,23,26)/t18-/m1/s1. The number of rotatable bonds is 8. The number of benzene rings is 1. The summed E-state index contributed by atoms with van der Waals surface area (Å²) in [7, 11) is 3.97. The third-order valence-electron chi connectivity index (χ3n) is 5.14. The van der Waals surface area contributed by atoms with Crippen LogP contribution in [0.15, 0.2) is 18.2 Å². The molecule has 0 aliphatic carbocycles. The summed E-state index contributed by atoms with van der Waals surface area (Å²) in [6.07, 6.45) is 4.01. The molecule has 1 fully saturated rings. The second-order valence-electron chi connectivity index (χ2n) is 7.22. The third-order valence-corrected chi connectivity index (χ3v) is 5.97. The van der Waals surface area contributed by atoms with Gasteiger partial charge in [0.1, 0.15) is 0 Å². The summed E-state index contributed by atoms with van der Waals surface area (Å²) < 4.78 is 5.78. The van der Waals surface area contributed by atoms with Crippen molar-refractivity contribution >= 4 is 29.2 Å². The maximum atomic E-state index is 12.9. The van der Waals surface area contributed by atoms with E-state index in [2.05, 4.69) is 24.2 Å². The summed E-state index contributed by atoms with van der Waals surface area (Å²) in [6, 6.07) is 5.28. The molecule has 2 rings (SSSR count). The SMILES string of the molecule is CCCCOC[C@@H](NC(=O)N(C)C1CCN(C)CC1)c1cccc(Cl)c1Cl. The highest BCUT2D eigenvalue weighted by atomic mass is 35.5. The number of halogens is 2. The van der Waals surface area contributed by atoms with Crippen LogP contribution in [0.5, 0.6) is 0 Å². The van der Waals surface area contributed by atoms with Crippen molar-refractivity contribution in [2.45, 2.75) is 44.7 Å². The van der Waals surface area contributed by atoms with E-state index in [9.17, 15) is 4.79 Å². The van der Waals surface area contributed by atoms with Crippen molar-refractivity contribution in [3.8, 4) is 0 Å². The molecule has 1 saturated heterocycles. The number of likely N-dealkylation sites (tertiary alicyclic amines) is 1. The van der Waals surface area contributed by atoms with Crippen molar-refractivity contribution in [2.75, 3.05) is 40.4 Å². The van der Waals surface area contributed by atoms with Crippen LogP contribution in [0, 0.1) is 0 Å². The molecule has 1 atom stereocenters. The Morgan fingerprint density at radius 3 is 2.74 bits per heavy atom. The molecule has 152 valence electrons. The first kappa shape index (κ1) is 22.3. The van der Waals surface area contributed by atoms with Gasteiger partial charge in [0, 0.05) is 19.7 Å². The van der Waals surface area contributed by atoms with E-state index in [0.29, 0.717) is 23.3 Å². The van der Waals surface area contributed by atoms with Crippen molar-refractivity contribution in [2.24, 2.45) is 0 Å². The highest BCUT2D eigenvalue weighted by molar-refractivity contribution is 6.42. The predicted octanol–water partition coefficient (Wildman–Crippen LogP) is 4.59. The summed E-state index contributed by atoms with van der Waals surface area (Å²) in [6.45, 7) is 5.16. The van der Waals surface area contributed by atoms with Gasteiger partial charge in [0.05, 0.1) is 22.7 Å². The van der Waals surface area contributed by atoms with Crippen LogP contribution < -0.4 is 5.32 Å². The molecular weight excluding hydrogens is 385 g/mol. The van der Waals surface area contributed by atoms with E-state index in [1.165, 1.54) is 0 Å². The van der Waals surface area contributed by atoms with Crippen LogP contribution in [0.3, 0.4) is 0 Å². The first-order valence-electron chi connectivity index (χ1n) is 9.67. The van der Waals surface area contributed by atoms with Gasteiger partial charge in [-0.1, -0.05) is 48.7 Å². The number of ether oxygens (including phenoxy) is 1. The van der Waals surface area contributed by atoms with Crippen molar-refractivity contribution in [1.82, 2.24) is 15.1 Å². The van der Waals surface area contributed by atoms with Crippen LogP contribution in [0.4, 0.5) is 4.79 Å². The number of amides is 2. The number of nitrogens with zero attached hydrogens (tertiary/aromatic N) is 2. The van der Waals surface area contributed by atoms with E-state index in [0.717, 1.165) is 44.3 Å². The smallest absolute Gasteiger partial charge is 0.317 e. The van der Waals surface area contributed by atoms with Crippen molar-refractivity contribution < 1.29 is 9.53 Å². The van der Waals surface area contributed by atoms with Crippen LogP contribution in [-0.2, 0) is 4.74 Å². The topological polar surface area (TPSA) is 44.8 Å². The van der Waals surface area contributed by atoms with Crippen molar-refractivity contribution in [3.63, 3.8) is 0 Å². The molecule has 0 bridgehead atoms. The van der Waals surface area contributed by atoms with Crippen LogP contribution in [-0.4, -0.2) is 62.3 Å². The molecule has 1 aromatic rings. The molecule has 2 amide bonds. The van der Waals surface area contributed by atoms with Gasteiger partial charge >= 0.3 is 6.03 Å². The van der Waals surface area contributed by atoms with E-state index in [1.54, 1.807) is 6.07 Å². The van der Waals surface area contributed by atoms with Gasteiger partial charge in [0.15, 0.2) is 0 Å². The Morgan fingerprint density at radius 1 is 1.37 bits per heavy atom. The molecule has 0 spiro atoms. The van der Waals surface area contributed by atoms with E-state index >= 15 is 0 Å². The average molecular weight is 416 g/mol. The lowest BCUT2D eigenvalue weighted by Gasteiger charge is -2.36. The third kappa shape index (κ3) is 6.53. The number of piperidine rings is 1. The van der Waals surface area contributed by atoms with Gasteiger partial charge in [0.2, 0.25) is 0 Å². The van der Waals surface area contributed by atoms with E-state index in [-0.39, 0.29) is 18.1 Å². The molecule has 27 heavy (non-hydrogen) atoms. The zero-order chi connectivity index (χ0) is 19.8. The minimum Gasteiger partial charge on any atom is -0.379 e. The lowest BCUT2D eigenvalue weighted by molar-refractivity contribution is 0.103. The van der Waals surface area contributed by atoms with Gasteiger partial charge in [-0.2, -0.15) is 0 Å². The number of carbonyl (C=O) groups excluding carboxylic acids is 1. The van der Waals surface area contributed by atoms with Gasteiger partial charge in [-0.15, -0.1) is 0 Å². The molecule has 1 aromatic carbocycles. The molecule has 0 aromatic heterocycles. The fourth-order valence-electron chi connectivity index (χ4n) is 3.25. The Balaban J connectivity index is 2.05. The van der Waals surface area contributed by atoms with E-state index in [4.69, 9.17) is 27.9 Å². The number of hydrogen-bond acceptors (Lipinski definition) is 3. The summed E-state index contributed by atoms with van der Waals surface area (Å²) >= 11 is 12.6. The second kappa shape index (κ2) is 11.1. The number of nitrogens with one attached hydrogen (secondary N) is 1. The number of unbranched alkanes of at least 4 members (excludes halogenated alkanes) is 1. The van der Waals surface area contributed by atoms with Crippen molar-refractivity contribution in [1.29, 1.82) is 0 Å². The normalized spacial score (nSPS) is 16.9. The molecule has 1 heterocycles. The molecule has 0 saturated carbocycles. The van der Waals surface area contributed by atoms with Gasteiger partial charge < -0.3 is 19.9 Å². The molecular formula is C20H31Cl2N3O2. The Kier molecular flexibility index (Phi) is 9.16. The van der Waals surface area contributed by atoms with Crippen LogP contribution in [0.1, 0.15) is 44.2 Å². The quantitative estimate of drug-likeness (QED) is 0.631. The molecule has 1 aliphatic rings. The molecule has 7 heteroatoms. The summed E-state index contributed by atoms with van der Waals surface area (Å²) in [5.41, 5.74) is 0.783. The molecule has 5 nitrogen and oxygen atoms in total. The maximum Gasteiger partial charge on any atom is 0.317 e. The van der Waals surface area contributed by atoms with E-state index < -0.39 is 0 Å². The minimum absolute atomic E-state index is 0.107. The second-order valence-corrected chi connectivity index (χ2v) is 8.00. The fraction of sp³-hybridized carbons (Fsp3) is 0.650. The van der Waals surface area contributed by atoms with Gasteiger partial charge in [-0.25, -0.2) is 4.79 Å². The Hall–Kier alpha value is -1.01. The Bertz CT molecular complexity index is 607. The lowest BCUT2D eigenvalue weighted by atomic mass is 10.0. The lowest BCUT2D eigenvalue weighted by Crippen LogP contribution is -2.49. The minimum atomic E-state index is -0.339. The number of hydrogen-bond donors (Lipinski definition) is 1. The Morgan fingerprint density at radius 2 is 2.07 bits per heavy atom. The van der Waals surface area contributed by atoms with Crippen molar-refractivity contribution in [3.05, 3.63) is 33.8 Å². The van der Waals surface area contributed by atoms with Crippen LogP contribution in [0.2, 0.25) is 10.0 Å². The van der Waals surface area contributed by atoms with Gasteiger partial charge in [-0.05, 0) is 51.0 Å². The number of urea groups is 1. The largest absolute Gasteiger partial charge is 0.379 e. The predicted molar refractivity (Wildman–Crippen MR) is 112 cm³/mol. The highest BCUT2D eigenvalue weighted by Crippen LogP contribution is 2.30. The molecule has 0 unspecified atom stereocenters. The van der Waals surface area contributed by atoms with Gasteiger partial charge in [0.25, 0.3) is 0 Å². The summed E-state index contributed by atoms with van der Waals surface area (Å²) in [5.74, 6) is 0. The van der Waals surface area contributed by atoms with Gasteiger partial charge in [-0.3, -0.25) is 0 Å². The first-order chi connectivity index (χ1) is 12.9. The highest BCUT2D eigenvalue weighted by Gasteiger charge is 2.26. The molecule has 0 radical (unpaired) electrons. The number of carbonyl (C=O) groups is 1. The summed E-state index contributed by atoms with van der Waals surface area (Å²) in [4.78, 5) is 17.0. The Labute approximate surface area is 172 Å². The monoisotopic (exact) mass is 415 g/mol. The summed E-state index contributed by atoms with van der Waals surface area (Å²) in [5, 5.41) is 4.03. The molecule has 1 aliphatic heterocycles. The zero-order valence-corrected chi connectivity index (χ0v) is 18.0. The van der Waals surface area contributed by atoms with Crippen LogP contribution in [0.25, 0.3) is 0 Å². The fourth-order valence-corrected chi connectivity index (χ4v) is 3.68. The maximum absolute atomic E-state index is 12.9. The molecule has 1 N–H and O–H groups in total. The van der Waals surface area contributed by atoms with E-state index in [1.807, 2.05) is 24.1 Å². The average Bonchev–Trinajstić information content (AvgIpc) is 2.66. The first-order valence-corrected chi connectivity index (χ1v) is 10.4. The zero-order valence-electron chi connectivity index (χ0n) is 16.5. The van der Waals surface area contributed by atoms with Crippen LogP contribution >= 0.6 is 23.2 Å².